The number of ether oxygens (including phenoxy) is 1. The molecule has 2 aromatic rings. The first-order valence-corrected chi connectivity index (χ1v) is 6.59. The van der Waals surface area contributed by atoms with E-state index in [2.05, 4.69) is 9.97 Å². The molecule has 0 N–H and O–H groups in total. The Bertz CT molecular complexity index is 597. The number of nitrogens with zero attached hydrogens (tertiary/aromatic N) is 3. The average molecular weight is 286 g/mol. The first-order chi connectivity index (χ1) is 8.54. The van der Waals surface area contributed by atoms with Gasteiger partial charge in [-0.25, -0.2) is 9.78 Å². The first kappa shape index (κ1) is 13.0. The summed E-state index contributed by atoms with van der Waals surface area (Å²) in [6, 6.07) is 0. The molecule has 7 heteroatoms. The smallest absolute Gasteiger partial charge is 0.339 e. The van der Waals surface area contributed by atoms with Crippen LogP contribution in [0.5, 0.6) is 0 Å². The van der Waals surface area contributed by atoms with Crippen LogP contribution in [0.1, 0.15) is 17.3 Å². The van der Waals surface area contributed by atoms with Crippen molar-refractivity contribution in [2.24, 2.45) is 0 Å². The Morgan fingerprint density at radius 3 is 2.83 bits per heavy atom. The molecule has 0 bridgehead atoms. The first-order valence-electron chi connectivity index (χ1n) is 5.33. The molecule has 0 saturated carbocycles. The van der Waals surface area contributed by atoms with E-state index < -0.39 is 0 Å². The summed E-state index contributed by atoms with van der Waals surface area (Å²) in [5.74, 6) is 0.257. The van der Waals surface area contributed by atoms with Crippen LogP contribution in [0.15, 0.2) is 5.38 Å². The molecule has 96 valence electrons. The molecule has 0 aliphatic carbocycles. The molecular weight excluding hydrogens is 274 g/mol. The SMILES string of the molecule is CCOC(=O)c1csc2nc(Cl)nc(N(C)C)c12. The number of halogens is 1. The molecule has 0 atom stereocenters. The van der Waals surface area contributed by atoms with Crippen LogP contribution in [0.25, 0.3) is 10.2 Å². The van der Waals surface area contributed by atoms with Gasteiger partial charge >= 0.3 is 5.97 Å². The van der Waals surface area contributed by atoms with Gasteiger partial charge in [-0.05, 0) is 18.5 Å². The molecular formula is C11H12ClN3O2S. The van der Waals surface area contributed by atoms with E-state index in [-0.39, 0.29) is 11.3 Å². The Kier molecular flexibility index (Phi) is 3.68. The standard InChI is InChI=1S/C11H12ClN3O2S/c1-4-17-10(16)6-5-18-9-7(6)8(15(2)3)13-11(12)14-9/h5H,4H2,1-3H3. The Labute approximate surface area is 113 Å². The van der Waals surface area contributed by atoms with Crippen molar-refractivity contribution in [3.63, 3.8) is 0 Å². The van der Waals surface area contributed by atoms with Crippen LogP contribution >= 0.6 is 22.9 Å². The molecule has 5 nitrogen and oxygen atoms in total. The highest BCUT2D eigenvalue weighted by Crippen LogP contribution is 2.32. The van der Waals surface area contributed by atoms with Crippen molar-refractivity contribution in [2.75, 3.05) is 25.6 Å². The van der Waals surface area contributed by atoms with Gasteiger partial charge in [0.1, 0.15) is 10.6 Å². The van der Waals surface area contributed by atoms with Crippen LogP contribution in [-0.4, -0.2) is 36.6 Å². The third-order valence-electron chi connectivity index (χ3n) is 2.31. The van der Waals surface area contributed by atoms with Crippen molar-refractivity contribution in [3.05, 3.63) is 16.2 Å². The zero-order chi connectivity index (χ0) is 13.3. The molecule has 2 heterocycles. The third kappa shape index (κ3) is 2.26. The highest BCUT2D eigenvalue weighted by atomic mass is 35.5. The number of carbonyl (C=O) groups is 1. The van der Waals surface area contributed by atoms with Gasteiger partial charge in [-0.1, -0.05) is 0 Å². The lowest BCUT2D eigenvalue weighted by atomic mass is 10.2. The minimum atomic E-state index is -0.363. The summed E-state index contributed by atoms with van der Waals surface area (Å²) in [6.07, 6.45) is 0. The molecule has 0 aliphatic rings. The van der Waals surface area contributed by atoms with E-state index in [1.807, 2.05) is 14.1 Å². The molecule has 0 aliphatic heterocycles. The Morgan fingerprint density at radius 1 is 1.50 bits per heavy atom. The monoisotopic (exact) mass is 285 g/mol. The van der Waals surface area contributed by atoms with E-state index in [1.165, 1.54) is 11.3 Å². The Morgan fingerprint density at radius 2 is 2.22 bits per heavy atom. The van der Waals surface area contributed by atoms with Gasteiger partial charge in [-0.3, -0.25) is 0 Å². The van der Waals surface area contributed by atoms with Gasteiger partial charge < -0.3 is 9.64 Å². The number of aromatic nitrogens is 2. The third-order valence-corrected chi connectivity index (χ3v) is 3.35. The number of esters is 1. The van der Waals surface area contributed by atoms with Crippen LogP contribution in [0.4, 0.5) is 5.82 Å². The van der Waals surface area contributed by atoms with Gasteiger partial charge in [0.2, 0.25) is 5.28 Å². The average Bonchev–Trinajstić information content (AvgIpc) is 2.71. The van der Waals surface area contributed by atoms with Crippen molar-refractivity contribution in [1.82, 2.24) is 9.97 Å². The maximum atomic E-state index is 11.9. The van der Waals surface area contributed by atoms with E-state index in [4.69, 9.17) is 16.3 Å². The normalized spacial score (nSPS) is 10.7. The summed E-state index contributed by atoms with van der Waals surface area (Å²) in [5.41, 5.74) is 0.484. The summed E-state index contributed by atoms with van der Waals surface area (Å²) < 4.78 is 5.02. The number of hydrogen-bond acceptors (Lipinski definition) is 6. The molecule has 0 unspecified atom stereocenters. The lowest BCUT2D eigenvalue weighted by Crippen LogP contribution is -2.13. The zero-order valence-corrected chi connectivity index (χ0v) is 11.8. The topological polar surface area (TPSA) is 55.3 Å². The minimum Gasteiger partial charge on any atom is -0.462 e. The molecule has 18 heavy (non-hydrogen) atoms. The van der Waals surface area contributed by atoms with Crippen molar-refractivity contribution in [1.29, 1.82) is 0 Å². The number of hydrogen-bond donors (Lipinski definition) is 0. The van der Waals surface area contributed by atoms with E-state index >= 15 is 0 Å². The molecule has 2 aromatic heterocycles. The van der Waals surface area contributed by atoms with Crippen LogP contribution < -0.4 is 4.90 Å². The molecule has 0 radical (unpaired) electrons. The Hall–Kier alpha value is -1.40. The fourth-order valence-electron chi connectivity index (χ4n) is 1.58. The van der Waals surface area contributed by atoms with Gasteiger partial charge in [0.05, 0.1) is 17.6 Å². The molecule has 0 aromatic carbocycles. The number of thiophene rings is 1. The second kappa shape index (κ2) is 5.07. The summed E-state index contributed by atoms with van der Waals surface area (Å²) in [7, 11) is 3.68. The van der Waals surface area contributed by atoms with E-state index in [1.54, 1.807) is 17.2 Å². The van der Waals surface area contributed by atoms with Crippen LogP contribution in [-0.2, 0) is 4.74 Å². The molecule has 0 saturated heterocycles. The summed E-state index contributed by atoms with van der Waals surface area (Å²) in [5, 5.41) is 2.58. The zero-order valence-electron chi connectivity index (χ0n) is 10.2. The van der Waals surface area contributed by atoms with Gasteiger partial charge in [-0.15, -0.1) is 11.3 Å². The van der Waals surface area contributed by atoms with Crippen molar-refractivity contribution < 1.29 is 9.53 Å². The number of anilines is 1. The second-order valence-corrected chi connectivity index (χ2v) is 4.96. The van der Waals surface area contributed by atoms with Gasteiger partial charge in [0.25, 0.3) is 0 Å². The molecule has 0 spiro atoms. The molecule has 2 rings (SSSR count). The van der Waals surface area contributed by atoms with Gasteiger partial charge in [-0.2, -0.15) is 4.98 Å². The maximum absolute atomic E-state index is 11.9. The predicted molar refractivity (Wildman–Crippen MR) is 72.7 cm³/mol. The predicted octanol–water partition coefficient (Wildman–Crippen LogP) is 2.59. The number of carbonyl (C=O) groups excluding carboxylic acids is 1. The van der Waals surface area contributed by atoms with Crippen LogP contribution in [0, 0.1) is 0 Å². The fourth-order valence-corrected chi connectivity index (χ4v) is 2.70. The maximum Gasteiger partial charge on any atom is 0.339 e. The summed E-state index contributed by atoms with van der Waals surface area (Å²) in [6.45, 7) is 2.11. The largest absolute Gasteiger partial charge is 0.462 e. The highest BCUT2D eigenvalue weighted by molar-refractivity contribution is 7.17. The van der Waals surface area contributed by atoms with Crippen LogP contribution in [0.2, 0.25) is 5.28 Å². The lowest BCUT2D eigenvalue weighted by Gasteiger charge is -2.13. The fraction of sp³-hybridized carbons (Fsp3) is 0.364. The minimum absolute atomic E-state index is 0.170. The number of rotatable bonds is 3. The Balaban J connectivity index is 2.66. The highest BCUT2D eigenvalue weighted by Gasteiger charge is 2.20. The molecule has 0 fully saturated rings. The molecule has 0 amide bonds. The van der Waals surface area contributed by atoms with Crippen molar-refractivity contribution >= 4 is 44.9 Å². The number of fused-ring (bicyclic) bond motifs is 1. The van der Waals surface area contributed by atoms with Gasteiger partial charge in [0.15, 0.2) is 0 Å². The quantitative estimate of drug-likeness (QED) is 0.641. The van der Waals surface area contributed by atoms with Crippen LogP contribution in [0.3, 0.4) is 0 Å². The van der Waals surface area contributed by atoms with Gasteiger partial charge in [0, 0.05) is 19.5 Å². The van der Waals surface area contributed by atoms with E-state index in [0.29, 0.717) is 28.2 Å². The van der Waals surface area contributed by atoms with Crippen molar-refractivity contribution in [2.45, 2.75) is 6.92 Å². The van der Waals surface area contributed by atoms with E-state index in [0.717, 1.165) is 0 Å². The van der Waals surface area contributed by atoms with Crippen molar-refractivity contribution in [3.8, 4) is 0 Å². The lowest BCUT2D eigenvalue weighted by molar-refractivity contribution is 0.0529. The van der Waals surface area contributed by atoms with E-state index in [9.17, 15) is 4.79 Å². The second-order valence-electron chi connectivity index (χ2n) is 3.76. The summed E-state index contributed by atoms with van der Waals surface area (Å²) >= 11 is 7.21. The summed E-state index contributed by atoms with van der Waals surface area (Å²) in [4.78, 5) is 22.6.